The van der Waals surface area contributed by atoms with Crippen LogP contribution < -0.4 is 5.73 Å². The van der Waals surface area contributed by atoms with Gasteiger partial charge in [0.1, 0.15) is 5.78 Å². The summed E-state index contributed by atoms with van der Waals surface area (Å²) < 4.78 is 0. The van der Waals surface area contributed by atoms with Gasteiger partial charge in [-0.05, 0) is 43.9 Å². The van der Waals surface area contributed by atoms with Crippen molar-refractivity contribution in [1.82, 2.24) is 0 Å². The molecule has 0 saturated carbocycles. The van der Waals surface area contributed by atoms with E-state index < -0.39 is 0 Å². The Morgan fingerprint density at radius 3 is 2.33 bits per heavy atom. The number of benzene rings is 1. The highest BCUT2D eigenvalue weighted by Gasteiger charge is 2.01. The molecule has 1 aromatic rings. The van der Waals surface area contributed by atoms with Crippen molar-refractivity contribution in [3.05, 3.63) is 35.4 Å². The molecule has 82 valence electrons. The zero-order valence-corrected chi connectivity index (χ0v) is 9.33. The van der Waals surface area contributed by atoms with Crippen molar-refractivity contribution in [3.8, 4) is 0 Å². The van der Waals surface area contributed by atoms with E-state index in [2.05, 4.69) is 12.1 Å². The van der Waals surface area contributed by atoms with Gasteiger partial charge < -0.3 is 10.5 Å². The molecule has 0 aliphatic heterocycles. The van der Waals surface area contributed by atoms with Gasteiger partial charge in [0.05, 0.1) is 0 Å². The van der Waals surface area contributed by atoms with Gasteiger partial charge in [-0.25, -0.2) is 0 Å². The Morgan fingerprint density at radius 1 is 1.20 bits per heavy atom. The maximum Gasteiger partial charge on any atom is 0.129 e. The van der Waals surface area contributed by atoms with Crippen LogP contribution in [-0.2, 0) is 17.6 Å². The first-order valence-corrected chi connectivity index (χ1v) is 5.50. The normalized spacial score (nSPS) is 10.3. The van der Waals surface area contributed by atoms with Gasteiger partial charge in [-0.1, -0.05) is 24.3 Å². The lowest BCUT2D eigenvalue weighted by molar-refractivity contribution is -0.117. The summed E-state index contributed by atoms with van der Waals surface area (Å²) in [7, 11) is 0. The summed E-state index contributed by atoms with van der Waals surface area (Å²) >= 11 is 0. The number of rotatable bonds is 6. The average Bonchev–Trinajstić information content (AvgIpc) is 2.20. The molecule has 0 aromatic heterocycles. The summed E-state index contributed by atoms with van der Waals surface area (Å²) in [6, 6.07) is 8.34. The zero-order chi connectivity index (χ0) is 11.1. The Labute approximate surface area is 91.5 Å². The van der Waals surface area contributed by atoms with E-state index >= 15 is 0 Å². The van der Waals surface area contributed by atoms with Gasteiger partial charge in [0.15, 0.2) is 0 Å². The highest BCUT2D eigenvalue weighted by Crippen LogP contribution is 2.12. The van der Waals surface area contributed by atoms with E-state index in [-0.39, 0.29) is 5.78 Å². The molecule has 1 aromatic carbocycles. The van der Waals surface area contributed by atoms with E-state index in [0.717, 1.165) is 19.3 Å². The van der Waals surface area contributed by atoms with E-state index in [9.17, 15) is 4.79 Å². The summed E-state index contributed by atoms with van der Waals surface area (Å²) in [5.74, 6) is 0.270. The van der Waals surface area contributed by atoms with Crippen LogP contribution in [0.25, 0.3) is 0 Å². The Hall–Kier alpha value is -1.15. The van der Waals surface area contributed by atoms with E-state index in [1.165, 1.54) is 11.1 Å². The van der Waals surface area contributed by atoms with Crippen LogP contribution in [0.4, 0.5) is 0 Å². The van der Waals surface area contributed by atoms with Gasteiger partial charge in [-0.2, -0.15) is 0 Å². The van der Waals surface area contributed by atoms with Crippen LogP contribution in [0.5, 0.6) is 0 Å². The molecule has 2 N–H and O–H groups in total. The van der Waals surface area contributed by atoms with Gasteiger partial charge in [0.25, 0.3) is 0 Å². The van der Waals surface area contributed by atoms with Crippen LogP contribution in [0.15, 0.2) is 24.3 Å². The molecule has 0 amide bonds. The summed E-state index contributed by atoms with van der Waals surface area (Å²) in [6.45, 7) is 2.33. The molecule has 0 spiro atoms. The molecule has 0 aliphatic carbocycles. The third-order valence-corrected chi connectivity index (χ3v) is 2.51. The SMILES string of the molecule is CC(=O)CCCc1ccccc1CCN. The molecule has 0 saturated heterocycles. The standard InChI is InChI=1S/C13H19NO/c1-11(15)5-4-8-12-6-2-3-7-13(12)9-10-14/h2-3,6-7H,4-5,8-10,14H2,1H3. The maximum absolute atomic E-state index is 10.8. The maximum atomic E-state index is 10.8. The largest absolute Gasteiger partial charge is 0.330 e. The molecular formula is C13H19NO. The van der Waals surface area contributed by atoms with Gasteiger partial charge in [0, 0.05) is 6.42 Å². The number of carbonyl (C=O) groups excluding carboxylic acids is 1. The average molecular weight is 205 g/mol. The number of aryl methyl sites for hydroxylation is 1. The fraction of sp³-hybridized carbons (Fsp3) is 0.462. The molecule has 0 heterocycles. The topological polar surface area (TPSA) is 43.1 Å². The molecule has 0 radical (unpaired) electrons. The van der Waals surface area contributed by atoms with Crippen molar-refractivity contribution in [2.75, 3.05) is 6.54 Å². The minimum absolute atomic E-state index is 0.270. The van der Waals surface area contributed by atoms with Crippen LogP contribution >= 0.6 is 0 Å². The molecule has 0 atom stereocenters. The Bertz CT molecular complexity index is 320. The molecule has 0 bridgehead atoms. The third kappa shape index (κ3) is 4.26. The van der Waals surface area contributed by atoms with E-state index in [1.807, 2.05) is 12.1 Å². The summed E-state index contributed by atoms with van der Waals surface area (Å²) in [4.78, 5) is 10.8. The predicted molar refractivity (Wildman–Crippen MR) is 62.8 cm³/mol. The van der Waals surface area contributed by atoms with Gasteiger partial charge in [-0.3, -0.25) is 0 Å². The van der Waals surface area contributed by atoms with E-state index in [0.29, 0.717) is 13.0 Å². The molecule has 2 nitrogen and oxygen atoms in total. The molecule has 0 unspecified atom stereocenters. The smallest absolute Gasteiger partial charge is 0.129 e. The summed E-state index contributed by atoms with van der Waals surface area (Å²) in [5.41, 5.74) is 8.21. The van der Waals surface area contributed by atoms with Crippen LogP contribution in [0, 0.1) is 0 Å². The summed E-state index contributed by atoms with van der Waals surface area (Å²) in [6.07, 6.45) is 3.53. The third-order valence-electron chi connectivity index (χ3n) is 2.51. The van der Waals surface area contributed by atoms with Crippen molar-refractivity contribution < 1.29 is 4.79 Å². The lowest BCUT2D eigenvalue weighted by Gasteiger charge is -2.07. The van der Waals surface area contributed by atoms with Crippen LogP contribution in [0.3, 0.4) is 0 Å². The monoisotopic (exact) mass is 205 g/mol. The minimum Gasteiger partial charge on any atom is -0.330 e. The van der Waals surface area contributed by atoms with Crippen LogP contribution in [0.2, 0.25) is 0 Å². The van der Waals surface area contributed by atoms with Crippen LogP contribution in [0.1, 0.15) is 30.9 Å². The first-order chi connectivity index (χ1) is 7.24. The van der Waals surface area contributed by atoms with Crippen LogP contribution in [-0.4, -0.2) is 12.3 Å². The fourth-order valence-corrected chi connectivity index (χ4v) is 1.73. The summed E-state index contributed by atoms with van der Waals surface area (Å²) in [5, 5.41) is 0. The first kappa shape index (κ1) is 11.9. The molecule has 15 heavy (non-hydrogen) atoms. The lowest BCUT2D eigenvalue weighted by atomic mass is 9.99. The lowest BCUT2D eigenvalue weighted by Crippen LogP contribution is -2.05. The number of ketones is 1. The van der Waals surface area contributed by atoms with Gasteiger partial charge in [-0.15, -0.1) is 0 Å². The van der Waals surface area contributed by atoms with Crippen molar-refractivity contribution in [3.63, 3.8) is 0 Å². The van der Waals surface area contributed by atoms with Crippen molar-refractivity contribution in [2.24, 2.45) is 5.73 Å². The first-order valence-electron chi connectivity index (χ1n) is 5.50. The second kappa shape index (κ2) is 6.36. The van der Waals surface area contributed by atoms with Crippen molar-refractivity contribution >= 4 is 5.78 Å². The molecule has 1 rings (SSSR count). The number of nitrogens with two attached hydrogens (primary N) is 1. The number of hydrogen-bond acceptors (Lipinski definition) is 2. The zero-order valence-electron chi connectivity index (χ0n) is 9.33. The van der Waals surface area contributed by atoms with Gasteiger partial charge in [0.2, 0.25) is 0 Å². The predicted octanol–water partition coefficient (Wildman–Crippen LogP) is 2.10. The second-order valence-corrected chi connectivity index (χ2v) is 3.86. The van der Waals surface area contributed by atoms with Crippen molar-refractivity contribution in [1.29, 1.82) is 0 Å². The van der Waals surface area contributed by atoms with Crippen molar-refractivity contribution in [2.45, 2.75) is 32.6 Å². The quantitative estimate of drug-likeness (QED) is 0.772. The second-order valence-electron chi connectivity index (χ2n) is 3.86. The van der Waals surface area contributed by atoms with E-state index in [1.54, 1.807) is 6.92 Å². The fourth-order valence-electron chi connectivity index (χ4n) is 1.73. The number of carbonyl (C=O) groups is 1. The Balaban J connectivity index is 2.55. The van der Waals surface area contributed by atoms with E-state index in [4.69, 9.17) is 5.73 Å². The number of hydrogen-bond donors (Lipinski definition) is 1. The Morgan fingerprint density at radius 2 is 1.80 bits per heavy atom. The molecule has 0 fully saturated rings. The molecular weight excluding hydrogens is 186 g/mol. The molecule has 0 aliphatic rings. The highest BCUT2D eigenvalue weighted by molar-refractivity contribution is 5.75. The molecule has 2 heteroatoms. The minimum atomic E-state index is 0.270. The number of Topliss-reactive ketones (excluding diaryl/α,β-unsaturated/α-hetero) is 1. The Kier molecular flexibility index (Phi) is 5.05. The highest BCUT2D eigenvalue weighted by atomic mass is 16.1. The van der Waals surface area contributed by atoms with Gasteiger partial charge >= 0.3 is 0 Å².